The van der Waals surface area contributed by atoms with Gasteiger partial charge in [-0.25, -0.2) is 0 Å². The molecule has 0 unspecified atom stereocenters. The van der Waals surface area contributed by atoms with Crippen molar-refractivity contribution in [3.05, 3.63) is 0 Å². The van der Waals surface area contributed by atoms with Crippen molar-refractivity contribution < 1.29 is 35.3 Å². The number of unbranched alkanes of at least 4 members (excludes halogenated alkanes) is 13. The lowest BCUT2D eigenvalue weighted by Gasteiger charge is -2.31. The van der Waals surface area contributed by atoms with Crippen molar-refractivity contribution in [1.29, 1.82) is 0 Å². The summed E-state index contributed by atoms with van der Waals surface area (Å²) in [6.45, 7) is 4.71. The van der Waals surface area contributed by atoms with Crippen molar-refractivity contribution in [2.45, 2.75) is 109 Å². The smallest absolute Gasteiger partial charge is 0.500 e. The summed E-state index contributed by atoms with van der Waals surface area (Å²) in [4.78, 5) is 0. The van der Waals surface area contributed by atoms with Gasteiger partial charge < -0.3 is 35.3 Å². The topological polar surface area (TPSA) is 47.9 Å². The molecule has 0 atom stereocenters. The van der Waals surface area contributed by atoms with Crippen molar-refractivity contribution in [2.75, 3.05) is 55.6 Å². The van der Waals surface area contributed by atoms with E-state index >= 15 is 0 Å². The first kappa shape index (κ1) is 36.9. The minimum Gasteiger partial charge on any atom is -1.00 e. The molecule has 0 saturated carbocycles. The number of aliphatic hydroxyl groups is 1. The number of aliphatic hydroxyl groups excluding tert-OH is 1. The van der Waals surface area contributed by atoms with Crippen LogP contribution in [0.1, 0.15) is 103 Å². The van der Waals surface area contributed by atoms with Gasteiger partial charge in [0.2, 0.25) is 0 Å². The SMILES string of the molecule is CCCCCCCCCCCCCCCC[N+](C)(C)CCC[Si](OC)(OC)OC.CO.[Cl-]. The molecule has 0 rings (SSSR count). The third-order valence-corrected chi connectivity index (χ3v) is 9.13. The van der Waals surface area contributed by atoms with Crippen LogP contribution in [0.3, 0.4) is 0 Å². The van der Waals surface area contributed by atoms with Gasteiger partial charge in [0.25, 0.3) is 0 Å². The van der Waals surface area contributed by atoms with Crippen LogP contribution in [0.25, 0.3) is 0 Å². The lowest BCUT2D eigenvalue weighted by Crippen LogP contribution is -3.00. The Hall–Kier alpha value is 0.307. The van der Waals surface area contributed by atoms with Gasteiger partial charge in [0.1, 0.15) is 0 Å². The quantitative estimate of drug-likeness (QED) is 0.141. The Morgan fingerprint density at radius 3 is 1.22 bits per heavy atom. The monoisotopic (exact) mass is 499 g/mol. The Kier molecular flexibility index (Phi) is 29.9. The summed E-state index contributed by atoms with van der Waals surface area (Å²) in [6, 6.07) is 0.900. The zero-order valence-electron chi connectivity index (χ0n) is 22.7. The highest BCUT2D eigenvalue weighted by Crippen LogP contribution is 2.17. The molecule has 0 aromatic heterocycles. The second-order valence-electron chi connectivity index (χ2n) is 9.38. The fourth-order valence-electron chi connectivity index (χ4n) is 4.13. The Balaban J connectivity index is -0.00000272. The maximum Gasteiger partial charge on any atom is 0.500 e. The van der Waals surface area contributed by atoms with E-state index in [4.69, 9.17) is 18.4 Å². The molecule has 1 N–H and O–H groups in total. The molecule has 0 aliphatic carbocycles. The Labute approximate surface area is 209 Å². The third-order valence-electron chi connectivity index (χ3n) is 6.30. The van der Waals surface area contributed by atoms with Crippen molar-refractivity contribution in [3.63, 3.8) is 0 Å². The molecular weight excluding hydrogens is 442 g/mol. The fourth-order valence-corrected chi connectivity index (χ4v) is 5.83. The van der Waals surface area contributed by atoms with E-state index in [0.717, 1.165) is 30.6 Å². The first-order valence-corrected chi connectivity index (χ1v) is 14.8. The van der Waals surface area contributed by atoms with Crippen LogP contribution >= 0.6 is 0 Å². The van der Waals surface area contributed by atoms with E-state index in [0.29, 0.717) is 0 Å². The van der Waals surface area contributed by atoms with Gasteiger partial charge in [0.05, 0.1) is 27.2 Å². The number of halogens is 1. The van der Waals surface area contributed by atoms with Crippen LogP contribution in [-0.2, 0) is 13.3 Å². The molecule has 7 heteroatoms. The number of quaternary nitrogens is 1. The molecule has 0 bridgehead atoms. The average Bonchev–Trinajstić information content (AvgIpc) is 2.78. The Morgan fingerprint density at radius 1 is 0.562 bits per heavy atom. The Bertz CT molecular complexity index is 351. The molecule has 0 aromatic rings. The highest BCUT2D eigenvalue weighted by Gasteiger charge is 2.37. The highest BCUT2D eigenvalue weighted by molar-refractivity contribution is 6.60. The number of nitrogens with zero attached hydrogens (tertiary/aromatic N) is 1. The van der Waals surface area contributed by atoms with Crippen LogP contribution in [0.2, 0.25) is 6.04 Å². The summed E-state index contributed by atoms with van der Waals surface area (Å²) in [6.07, 6.45) is 21.0. The van der Waals surface area contributed by atoms with Crippen molar-refractivity contribution >= 4 is 8.80 Å². The summed E-state index contributed by atoms with van der Waals surface area (Å²) in [5.74, 6) is 0. The molecule has 0 aromatic carbocycles. The molecule has 198 valence electrons. The zero-order valence-corrected chi connectivity index (χ0v) is 24.5. The summed E-state index contributed by atoms with van der Waals surface area (Å²) in [5, 5.41) is 7.00. The van der Waals surface area contributed by atoms with Crippen molar-refractivity contribution in [3.8, 4) is 0 Å². The normalized spacial score (nSPS) is 11.6. The first-order valence-electron chi connectivity index (χ1n) is 12.9. The van der Waals surface area contributed by atoms with Crippen molar-refractivity contribution in [1.82, 2.24) is 0 Å². The number of hydrogen-bond acceptors (Lipinski definition) is 4. The van der Waals surface area contributed by atoms with Crippen LogP contribution in [-0.4, -0.2) is 74.0 Å². The van der Waals surface area contributed by atoms with Crippen LogP contribution in [0.15, 0.2) is 0 Å². The van der Waals surface area contributed by atoms with Crippen molar-refractivity contribution in [2.24, 2.45) is 0 Å². The van der Waals surface area contributed by atoms with Gasteiger partial charge in [-0.3, -0.25) is 0 Å². The molecule has 0 radical (unpaired) electrons. The van der Waals surface area contributed by atoms with E-state index in [-0.39, 0.29) is 12.4 Å². The van der Waals surface area contributed by atoms with Crippen LogP contribution in [0.4, 0.5) is 0 Å². The zero-order chi connectivity index (χ0) is 23.8. The average molecular weight is 500 g/mol. The number of rotatable bonds is 22. The molecule has 0 aliphatic heterocycles. The Morgan fingerprint density at radius 2 is 0.875 bits per heavy atom. The molecular formula is C25H58ClNO4Si. The van der Waals surface area contributed by atoms with Gasteiger partial charge in [-0.1, -0.05) is 84.0 Å². The van der Waals surface area contributed by atoms with E-state index in [1.54, 1.807) is 21.3 Å². The van der Waals surface area contributed by atoms with Crippen LogP contribution in [0.5, 0.6) is 0 Å². The van der Waals surface area contributed by atoms with Gasteiger partial charge in [-0.15, -0.1) is 0 Å². The molecule has 0 amide bonds. The first-order chi connectivity index (χ1) is 14.9. The molecule has 0 saturated heterocycles. The van der Waals surface area contributed by atoms with E-state index in [2.05, 4.69) is 21.0 Å². The van der Waals surface area contributed by atoms with Crippen LogP contribution in [0, 0.1) is 0 Å². The summed E-state index contributed by atoms with van der Waals surface area (Å²) in [7, 11) is 8.40. The molecule has 5 nitrogen and oxygen atoms in total. The molecule has 0 fully saturated rings. The van der Waals surface area contributed by atoms with E-state index in [1.165, 1.54) is 96.4 Å². The fraction of sp³-hybridized carbons (Fsp3) is 1.00. The van der Waals surface area contributed by atoms with Gasteiger partial charge in [-0.05, 0) is 12.8 Å². The summed E-state index contributed by atoms with van der Waals surface area (Å²) < 4.78 is 17.7. The second kappa shape index (κ2) is 25.9. The van der Waals surface area contributed by atoms with Gasteiger partial charge in [-0.2, -0.15) is 0 Å². The van der Waals surface area contributed by atoms with Gasteiger partial charge in [0, 0.05) is 40.9 Å². The molecule has 0 aliphatic rings. The lowest BCUT2D eigenvalue weighted by molar-refractivity contribution is -0.890. The van der Waals surface area contributed by atoms with E-state index in [1.807, 2.05) is 0 Å². The standard InChI is InChI=1S/C24H54NO3Si.CH4O.ClH/c1-7-8-9-10-11-12-13-14-15-16-17-18-19-20-22-25(2,3)23-21-24-29(26-4,27-5)28-6;1-2;/h7-24H2,1-6H3;2H,1H3;1H/q+1;;/p-1. The predicted octanol–water partition coefficient (Wildman–Crippen LogP) is 3.42. The van der Waals surface area contributed by atoms with E-state index in [9.17, 15) is 0 Å². The number of hydrogen-bond donors (Lipinski definition) is 1. The predicted molar refractivity (Wildman–Crippen MR) is 137 cm³/mol. The lowest BCUT2D eigenvalue weighted by atomic mass is 10.0. The minimum absolute atomic E-state index is 0. The molecule has 32 heavy (non-hydrogen) atoms. The largest absolute Gasteiger partial charge is 1.00 e. The summed E-state index contributed by atoms with van der Waals surface area (Å²) in [5.41, 5.74) is 0. The van der Waals surface area contributed by atoms with Crippen LogP contribution < -0.4 is 12.4 Å². The third kappa shape index (κ3) is 22.1. The maximum atomic E-state index is 7.00. The molecule has 0 spiro atoms. The van der Waals surface area contributed by atoms with Gasteiger partial charge >= 0.3 is 8.80 Å². The molecule has 0 heterocycles. The summed E-state index contributed by atoms with van der Waals surface area (Å²) >= 11 is 0. The van der Waals surface area contributed by atoms with Gasteiger partial charge in [0.15, 0.2) is 0 Å². The second-order valence-corrected chi connectivity index (χ2v) is 12.5. The van der Waals surface area contributed by atoms with E-state index < -0.39 is 8.80 Å². The highest BCUT2D eigenvalue weighted by atomic mass is 35.5. The minimum atomic E-state index is -2.40. The maximum absolute atomic E-state index is 7.00.